The van der Waals surface area contributed by atoms with Crippen LogP contribution in [0.15, 0.2) is 12.3 Å². The van der Waals surface area contributed by atoms with E-state index in [0.29, 0.717) is 12.8 Å². The minimum Gasteiger partial charge on any atom is -0.378 e. The van der Waals surface area contributed by atoms with Gasteiger partial charge in [-0.15, -0.1) is 0 Å². The molecule has 0 aromatic carbocycles. The molecule has 3 aromatic heterocycles. The van der Waals surface area contributed by atoms with E-state index < -0.39 is 0 Å². The van der Waals surface area contributed by atoms with Crippen molar-refractivity contribution in [2.75, 3.05) is 49.2 Å². The van der Waals surface area contributed by atoms with E-state index in [1.165, 1.54) is 12.8 Å². The average Bonchev–Trinajstić information content (AvgIpc) is 3.46. The molecule has 0 aliphatic carbocycles. The third-order valence-electron chi connectivity index (χ3n) is 5.84. The molecule has 2 aliphatic rings. The molecule has 9 heteroatoms. The Morgan fingerprint density at radius 1 is 0.867 bits per heavy atom. The molecule has 9 nitrogen and oxygen atoms in total. The predicted octanol–water partition coefficient (Wildman–Crippen LogP) is 1.75. The van der Waals surface area contributed by atoms with E-state index in [4.69, 9.17) is 19.7 Å². The Morgan fingerprint density at radius 3 is 2.23 bits per heavy atom. The maximum absolute atomic E-state index is 5.52. The molecule has 0 spiro atoms. The van der Waals surface area contributed by atoms with Gasteiger partial charge < -0.3 is 14.5 Å². The summed E-state index contributed by atoms with van der Waals surface area (Å²) in [7, 11) is 0. The molecule has 2 saturated heterocycles. The highest BCUT2D eigenvalue weighted by atomic mass is 16.5. The molecule has 0 unspecified atom stereocenters. The van der Waals surface area contributed by atoms with Crippen molar-refractivity contribution < 1.29 is 4.74 Å². The first-order valence-corrected chi connectivity index (χ1v) is 10.8. The number of ether oxygens (including phenoxy) is 1. The summed E-state index contributed by atoms with van der Waals surface area (Å²) in [5, 5.41) is 4.67. The van der Waals surface area contributed by atoms with Gasteiger partial charge in [-0.2, -0.15) is 5.10 Å². The lowest BCUT2D eigenvalue weighted by Crippen LogP contribution is -2.37. The van der Waals surface area contributed by atoms with Crippen LogP contribution in [0.1, 0.15) is 35.9 Å². The summed E-state index contributed by atoms with van der Waals surface area (Å²) in [4.78, 5) is 23.5. The number of nitrogens with zero attached hydrogens (tertiary/aromatic N) is 8. The van der Waals surface area contributed by atoms with Crippen molar-refractivity contribution in [2.24, 2.45) is 0 Å². The van der Waals surface area contributed by atoms with Gasteiger partial charge in [-0.25, -0.2) is 19.5 Å². The number of anilines is 2. The van der Waals surface area contributed by atoms with Crippen molar-refractivity contribution in [1.29, 1.82) is 0 Å². The summed E-state index contributed by atoms with van der Waals surface area (Å²) in [5.41, 5.74) is 2.70. The average molecular weight is 409 g/mol. The Morgan fingerprint density at radius 2 is 1.53 bits per heavy atom. The summed E-state index contributed by atoms with van der Waals surface area (Å²) in [6.07, 6.45) is 5.69. The second kappa shape index (κ2) is 8.14. The Bertz CT molecular complexity index is 998. The van der Waals surface area contributed by atoms with Gasteiger partial charge in [-0.1, -0.05) is 0 Å². The number of morpholine rings is 1. The highest BCUT2D eigenvalue weighted by Gasteiger charge is 2.20. The predicted molar refractivity (Wildman–Crippen MR) is 114 cm³/mol. The Labute approximate surface area is 176 Å². The molecule has 0 N–H and O–H groups in total. The third-order valence-corrected chi connectivity index (χ3v) is 5.84. The maximum atomic E-state index is 5.52. The van der Waals surface area contributed by atoms with Crippen molar-refractivity contribution in [1.82, 2.24) is 29.5 Å². The summed E-state index contributed by atoms with van der Waals surface area (Å²) in [6, 6.07) is 2.14. The third kappa shape index (κ3) is 3.81. The van der Waals surface area contributed by atoms with E-state index in [-0.39, 0.29) is 0 Å². The first-order valence-electron chi connectivity index (χ1n) is 10.8. The second-order valence-corrected chi connectivity index (χ2v) is 8.04. The lowest BCUT2D eigenvalue weighted by molar-refractivity contribution is 0.122. The highest BCUT2D eigenvalue weighted by molar-refractivity contribution is 5.52. The molecule has 0 atom stereocenters. The SMILES string of the molecule is Cc1ncc(C)n2nc(CCc3nc(N4CCCC4)cc(N4CCOCC4)n3)nc12. The van der Waals surface area contributed by atoms with Crippen molar-refractivity contribution >= 4 is 17.3 Å². The Hall–Kier alpha value is -2.81. The molecule has 0 radical (unpaired) electrons. The fourth-order valence-corrected chi connectivity index (χ4v) is 4.11. The van der Waals surface area contributed by atoms with Crippen LogP contribution in [0.2, 0.25) is 0 Å². The minimum atomic E-state index is 0.701. The van der Waals surface area contributed by atoms with Crippen molar-refractivity contribution in [2.45, 2.75) is 39.5 Å². The largest absolute Gasteiger partial charge is 0.378 e. The molecule has 158 valence electrons. The molecule has 5 rings (SSSR count). The highest BCUT2D eigenvalue weighted by Crippen LogP contribution is 2.24. The van der Waals surface area contributed by atoms with Gasteiger partial charge in [0.05, 0.1) is 24.6 Å². The van der Waals surface area contributed by atoms with Crippen molar-refractivity contribution in [3.63, 3.8) is 0 Å². The normalized spacial score (nSPS) is 17.3. The lowest BCUT2D eigenvalue weighted by atomic mass is 10.2. The summed E-state index contributed by atoms with van der Waals surface area (Å²) < 4.78 is 7.39. The zero-order valence-corrected chi connectivity index (χ0v) is 17.7. The van der Waals surface area contributed by atoms with Gasteiger partial charge in [0.2, 0.25) is 0 Å². The van der Waals surface area contributed by atoms with Gasteiger partial charge in [0.15, 0.2) is 11.5 Å². The molecular formula is C21H28N8O. The number of aryl methyl sites for hydroxylation is 4. The van der Waals surface area contributed by atoms with Gasteiger partial charge in [0, 0.05) is 51.3 Å². The molecule has 2 aliphatic heterocycles. The maximum Gasteiger partial charge on any atom is 0.177 e. The van der Waals surface area contributed by atoms with Gasteiger partial charge in [-0.05, 0) is 26.7 Å². The van der Waals surface area contributed by atoms with Crippen LogP contribution in [0.3, 0.4) is 0 Å². The zero-order valence-electron chi connectivity index (χ0n) is 17.7. The molecule has 30 heavy (non-hydrogen) atoms. The van der Waals surface area contributed by atoms with E-state index in [0.717, 1.165) is 79.7 Å². The van der Waals surface area contributed by atoms with E-state index in [2.05, 4.69) is 25.9 Å². The lowest BCUT2D eigenvalue weighted by Gasteiger charge is -2.29. The van der Waals surface area contributed by atoms with Crippen LogP contribution < -0.4 is 9.80 Å². The first kappa shape index (κ1) is 19.2. The standard InChI is InChI=1S/C21H28N8O/c1-15-14-22-16(2)21-25-18(26-29(15)21)6-5-17-23-19(27-7-3-4-8-27)13-20(24-17)28-9-11-30-12-10-28/h13-14H,3-12H2,1-2H3. The summed E-state index contributed by atoms with van der Waals surface area (Å²) in [6.45, 7) is 9.33. The Kier molecular flexibility index (Phi) is 5.20. The van der Waals surface area contributed by atoms with Gasteiger partial charge in [0.25, 0.3) is 0 Å². The van der Waals surface area contributed by atoms with Crippen molar-refractivity contribution in [3.05, 3.63) is 35.3 Å². The fraction of sp³-hybridized carbons (Fsp3) is 0.571. The number of aromatic nitrogens is 6. The zero-order chi connectivity index (χ0) is 20.5. The van der Waals surface area contributed by atoms with Gasteiger partial charge >= 0.3 is 0 Å². The summed E-state index contributed by atoms with van der Waals surface area (Å²) >= 11 is 0. The molecule has 5 heterocycles. The van der Waals surface area contributed by atoms with E-state index in [1.807, 2.05) is 24.6 Å². The quantitative estimate of drug-likeness (QED) is 0.631. The number of fused-ring (bicyclic) bond motifs is 1. The van der Waals surface area contributed by atoms with Gasteiger partial charge in [-0.3, -0.25) is 4.98 Å². The number of rotatable bonds is 5. The van der Waals surface area contributed by atoms with Crippen LogP contribution >= 0.6 is 0 Å². The fourth-order valence-electron chi connectivity index (χ4n) is 4.11. The van der Waals surface area contributed by atoms with Crippen LogP contribution in [0.4, 0.5) is 11.6 Å². The number of hydrogen-bond donors (Lipinski definition) is 0. The van der Waals surface area contributed by atoms with Crippen LogP contribution in [0.25, 0.3) is 5.65 Å². The van der Waals surface area contributed by atoms with Gasteiger partial charge in [0.1, 0.15) is 17.5 Å². The van der Waals surface area contributed by atoms with Crippen LogP contribution in [0, 0.1) is 13.8 Å². The minimum absolute atomic E-state index is 0.701. The van der Waals surface area contributed by atoms with Crippen LogP contribution in [-0.4, -0.2) is 68.9 Å². The number of hydrogen-bond acceptors (Lipinski definition) is 8. The Balaban J connectivity index is 1.40. The topological polar surface area (TPSA) is 84.6 Å². The first-order chi connectivity index (χ1) is 14.7. The molecule has 3 aromatic rings. The van der Waals surface area contributed by atoms with Crippen LogP contribution in [0.5, 0.6) is 0 Å². The summed E-state index contributed by atoms with van der Waals surface area (Å²) in [5.74, 6) is 3.70. The molecule has 0 bridgehead atoms. The molecule has 0 amide bonds. The smallest absolute Gasteiger partial charge is 0.177 e. The molecule has 0 saturated carbocycles. The van der Waals surface area contributed by atoms with Crippen LogP contribution in [-0.2, 0) is 17.6 Å². The van der Waals surface area contributed by atoms with E-state index >= 15 is 0 Å². The van der Waals surface area contributed by atoms with E-state index in [9.17, 15) is 0 Å². The van der Waals surface area contributed by atoms with E-state index in [1.54, 1.807) is 0 Å². The molecule has 2 fully saturated rings. The van der Waals surface area contributed by atoms with Crippen molar-refractivity contribution in [3.8, 4) is 0 Å². The monoisotopic (exact) mass is 408 g/mol. The second-order valence-electron chi connectivity index (χ2n) is 8.04. The molecular weight excluding hydrogens is 380 g/mol.